The first-order valence-corrected chi connectivity index (χ1v) is 7.76. The van der Waals surface area contributed by atoms with Crippen molar-refractivity contribution in [3.8, 4) is 17.2 Å². The van der Waals surface area contributed by atoms with E-state index in [2.05, 4.69) is 10.2 Å². The van der Waals surface area contributed by atoms with Gasteiger partial charge in [-0.2, -0.15) is 0 Å². The molecule has 0 aromatic heterocycles. The summed E-state index contributed by atoms with van der Waals surface area (Å²) in [5.41, 5.74) is 1.16. The summed E-state index contributed by atoms with van der Waals surface area (Å²) in [6.45, 7) is 5.73. The molecule has 1 N–H and O–H groups in total. The Balaban J connectivity index is 1.49. The highest BCUT2D eigenvalue weighted by molar-refractivity contribution is 5.55. The molecule has 0 unspecified atom stereocenters. The number of piperidine rings is 1. The van der Waals surface area contributed by atoms with Gasteiger partial charge in [0.15, 0.2) is 11.5 Å². The van der Waals surface area contributed by atoms with E-state index in [4.69, 9.17) is 14.2 Å². The van der Waals surface area contributed by atoms with Crippen LogP contribution >= 0.6 is 0 Å². The van der Waals surface area contributed by atoms with Gasteiger partial charge in [-0.1, -0.05) is 6.42 Å². The second kappa shape index (κ2) is 7.00. The van der Waals surface area contributed by atoms with E-state index in [-0.39, 0.29) is 6.79 Å². The minimum Gasteiger partial charge on any atom is -0.493 e. The molecular weight excluding hydrogens is 268 g/mol. The zero-order valence-corrected chi connectivity index (χ0v) is 12.7. The minimum absolute atomic E-state index is 0.275. The summed E-state index contributed by atoms with van der Waals surface area (Å²) in [6.07, 6.45) is 4.08. The number of fused-ring (bicyclic) bond motifs is 1. The van der Waals surface area contributed by atoms with Crippen molar-refractivity contribution in [3.05, 3.63) is 17.7 Å². The van der Waals surface area contributed by atoms with Gasteiger partial charge in [-0.15, -0.1) is 0 Å². The molecule has 3 rings (SSSR count). The first-order chi connectivity index (χ1) is 10.4. The van der Waals surface area contributed by atoms with Gasteiger partial charge < -0.3 is 24.4 Å². The fourth-order valence-corrected chi connectivity index (χ4v) is 2.94. The van der Waals surface area contributed by atoms with E-state index in [1.165, 1.54) is 32.4 Å². The van der Waals surface area contributed by atoms with E-state index in [0.29, 0.717) is 0 Å². The molecule has 2 aliphatic rings. The number of nitrogens with one attached hydrogen (secondary N) is 1. The lowest BCUT2D eigenvalue weighted by atomic mass is 10.1. The molecule has 0 spiro atoms. The summed E-state index contributed by atoms with van der Waals surface area (Å²) in [7, 11) is 1.66. The van der Waals surface area contributed by atoms with Crippen molar-refractivity contribution in [1.29, 1.82) is 0 Å². The summed E-state index contributed by atoms with van der Waals surface area (Å²) in [4.78, 5) is 2.54. The molecule has 5 nitrogen and oxygen atoms in total. The monoisotopic (exact) mass is 292 g/mol. The Hall–Kier alpha value is -1.46. The van der Waals surface area contributed by atoms with E-state index in [1.807, 2.05) is 12.1 Å². The highest BCUT2D eigenvalue weighted by Crippen LogP contribution is 2.41. The van der Waals surface area contributed by atoms with Crippen LogP contribution in [0.5, 0.6) is 17.2 Å². The third kappa shape index (κ3) is 3.60. The van der Waals surface area contributed by atoms with Crippen LogP contribution in [0, 0.1) is 0 Å². The number of ether oxygens (including phenoxy) is 3. The molecule has 1 aromatic rings. The molecule has 5 heteroatoms. The molecule has 2 aliphatic heterocycles. The number of nitrogens with zero attached hydrogens (tertiary/aromatic N) is 1. The normalized spacial score (nSPS) is 18.0. The van der Waals surface area contributed by atoms with Crippen molar-refractivity contribution in [1.82, 2.24) is 10.2 Å². The zero-order valence-electron chi connectivity index (χ0n) is 12.7. The Labute approximate surface area is 126 Å². The van der Waals surface area contributed by atoms with Crippen molar-refractivity contribution in [2.75, 3.05) is 40.1 Å². The smallest absolute Gasteiger partial charge is 0.231 e. The largest absolute Gasteiger partial charge is 0.493 e. The fourth-order valence-electron chi connectivity index (χ4n) is 2.94. The van der Waals surface area contributed by atoms with E-state index < -0.39 is 0 Å². The maximum Gasteiger partial charge on any atom is 0.231 e. The maximum absolute atomic E-state index is 5.44. The van der Waals surface area contributed by atoms with Crippen LogP contribution in [0.25, 0.3) is 0 Å². The predicted molar refractivity (Wildman–Crippen MR) is 81.1 cm³/mol. The number of hydrogen-bond acceptors (Lipinski definition) is 5. The lowest BCUT2D eigenvalue weighted by molar-refractivity contribution is 0.171. The molecule has 0 bridgehead atoms. The lowest BCUT2D eigenvalue weighted by Gasteiger charge is -2.26. The molecule has 0 aliphatic carbocycles. The van der Waals surface area contributed by atoms with Gasteiger partial charge in [0.05, 0.1) is 7.11 Å². The van der Waals surface area contributed by atoms with Crippen LogP contribution in [-0.4, -0.2) is 45.0 Å². The molecule has 0 radical (unpaired) electrons. The highest BCUT2D eigenvalue weighted by Gasteiger charge is 2.19. The van der Waals surface area contributed by atoms with Crippen LogP contribution in [0.4, 0.5) is 0 Å². The molecule has 0 saturated carbocycles. The van der Waals surface area contributed by atoms with Crippen LogP contribution in [0.2, 0.25) is 0 Å². The fraction of sp³-hybridized carbons (Fsp3) is 0.625. The summed E-state index contributed by atoms with van der Waals surface area (Å²) in [6, 6.07) is 4.04. The van der Waals surface area contributed by atoms with Gasteiger partial charge in [-0.3, -0.25) is 0 Å². The minimum atomic E-state index is 0.275. The number of hydrogen-bond donors (Lipinski definition) is 1. The Morgan fingerprint density at radius 3 is 2.86 bits per heavy atom. The van der Waals surface area contributed by atoms with Crippen molar-refractivity contribution in [3.63, 3.8) is 0 Å². The van der Waals surface area contributed by atoms with E-state index in [0.717, 1.165) is 42.4 Å². The molecule has 2 heterocycles. The first kappa shape index (κ1) is 14.5. The van der Waals surface area contributed by atoms with Crippen LogP contribution < -0.4 is 19.5 Å². The van der Waals surface area contributed by atoms with Crippen LogP contribution in [0.15, 0.2) is 12.1 Å². The number of rotatable bonds is 6. The average molecular weight is 292 g/mol. The zero-order chi connectivity index (χ0) is 14.5. The molecule has 0 amide bonds. The molecule has 1 saturated heterocycles. The SMILES string of the molecule is COc1cc(CNCCN2CCCCC2)cc2c1OCO2. The summed E-state index contributed by atoms with van der Waals surface area (Å²) in [5.74, 6) is 2.24. The summed E-state index contributed by atoms with van der Waals surface area (Å²) >= 11 is 0. The topological polar surface area (TPSA) is 43.0 Å². The Morgan fingerprint density at radius 2 is 2.05 bits per heavy atom. The molecule has 0 atom stereocenters. The van der Waals surface area contributed by atoms with E-state index >= 15 is 0 Å². The van der Waals surface area contributed by atoms with Gasteiger partial charge >= 0.3 is 0 Å². The highest BCUT2D eigenvalue weighted by atomic mass is 16.7. The van der Waals surface area contributed by atoms with Gasteiger partial charge in [0.1, 0.15) is 0 Å². The molecule has 1 fully saturated rings. The second-order valence-corrected chi connectivity index (χ2v) is 5.61. The summed E-state index contributed by atoms with van der Waals surface area (Å²) < 4.78 is 16.2. The van der Waals surface area contributed by atoms with Gasteiger partial charge in [0, 0.05) is 19.6 Å². The molecule has 1 aromatic carbocycles. The average Bonchev–Trinajstić information content (AvgIpc) is 3.00. The van der Waals surface area contributed by atoms with Gasteiger partial charge in [-0.25, -0.2) is 0 Å². The predicted octanol–water partition coefficient (Wildman–Crippen LogP) is 2.00. The molecular formula is C16H24N2O3. The first-order valence-electron chi connectivity index (χ1n) is 7.76. The van der Waals surface area contributed by atoms with Crippen LogP contribution in [0.1, 0.15) is 24.8 Å². The van der Waals surface area contributed by atoms with Gasteiger partial charge in [0.25, 0.3) is 0 Å². The van der Waals surface area contributed by atoms with Gasteiger partial charge in [0.2, 0.25) is 12.5 Å². The molecule has 116 valence electrons. The third-order valence-electron chi connectivity index (χ3n) is 4.10. The number of likely N-dealkylation sites (tertiary alicyclic amines) is 1. The number of methoxy groups -OCH3 is 1. The summed E-state index contributed by atoms with van der Waals surface area (Å²) in [5, 5.41) is 3.50. The third-order valence-corrected chi connectivity index (χ3v) is 4.10. The van der Waals surface area contributed by atoms with E-state index in [9.17, 15) is 0 Å². The maximum atomic E-state index is 5.44. The molecule has 21 heavy (non-hydrogen) atoms. The van der Waals surface area contributed by atoms with E-state index in [1.54, 1.807) is 7.11 Å². The Morgan fingerprint density at radius 1 is 1.19 bits per heavy atom. The second-order valence-electron chi connectivity index (χ2n) is 5.61. The Kier molecular flexibility index (Phi) is 4.83. The standard InChI is InChI=1S/C16H24N2O3/c1-19-14-9-13(10-15-16(14)21-12-20-15)11-17-5-8-18-6-3-2-4-7-18/h9-10,17H,2-8,11-12H2,1H3. The quantitative estimate of drug-likeness (QED) is 0.812. The Bertz CT molecular complexity index is 473. The van der Waals surface area contributed by atoms with Crippen molar-refractivity contribution in [2.45, 2.75) is 25.8 Å². The van der Waals surface area contributed by atoms with Crippen molar-refractivity contribution >= 4 is 0 Å². The van der Waals surface area contributed by atoms with Crippen molar-refractivity contribution < 1.29 is 14.2 Å². The van der Waals surface area contributed by atoms with Crippen molar-refractivity contribution in [2.24, 2.45) is 0 Å². The van der Waals surface area contributed by atoms with Gasteiger partial charge in [-0.05, 0) is 43.6 Å². The van der Waals surface area contributed by atoms with Crippen LogP contribution in [0.3, 0.4) is 0 Å². The van der Waals surface area contributed by atoms with Crippen LogP contribution in [-0.2, 0) is 6.54 Å². The number of benzene rings is 1. The lowest BCUT2D eigenvalue weighted by Crippen LogP contribution is -2.35.